The second kappa shape index (κ2) is 5.06. The summed E-state index contributed by atoms with van der Waals surface area (Å²) in [6, 6.07) is 4.11. The molecule has 0 saturated carbocycles. The van der Waals surface area contributed by atoms with Crippen LogP contribution in [-0.2, 0) is 0 Å². The molecule has 0 amide bonds. The maximum atomic E-state index is 11.7. The van der Waals surface area contributed by atoms with E-state index in [9.17, 15) is 15.0 Å². The topological polar surface area (TPSA) is 79.9 Å². The van der Waals surface area contributed by atoms with E-state index in [0.29, 0.717) is 5.39 Å². The van der Waals surface area contributed by atoms with Gasteiger partial charge in [0.15, 0.2) is 5.75 Å². The number of phenolic OH excluding ortho intramolecular Hbond substituents is 1. The lowest BCUT2D eigenvalue weighted by Gasteiger charge is -2.07. The summed E-state index contributed by atoms with van der Waals surface area (Å²) >= 11 is 0. The molecule has 0 spiro atoms. The Bertz CT molecular complexity index is 693. The van der Waals surface area contributed by atoms with Crippen molar-refractivity contribution in [3.05, 3.63) is 40.3 Å². The van der Waals surface area contributed by atoms with Crippen LogP contribution in [0.15, 0.2) is 39.1 Å². The minimum atomic E-state index is -0.780. The summed E-state index contributed by atoms with van der Waals surface area (Å²) in [7, 11) is 0. The Morgan fingerprint density at radius 2 is 2.11 bits per heavy atom. The van der Waals surface area contributed by atoms with Gasteiger partial charge in [-0.1, -0.05) is 5.57 Å². The van der Waals surface area contributed by atoms with Gasteiger partial charge in [-0.15, -0.1) is 0 Å². The molecule has 0 saturated heterocycles. The molecule has 2 aromatic rings. The fourth-order valence-electron chi connectivity index (χ4n) is 1.58. The highest BCUT2D eigenvalue weighted by atomic mass is 16.5. The van der Waals surface area contributed by atoms with E-state index >= 15 is 0 Å². The number of rotatable bonds is 3. The van der Waals surface area contributed by atoms with Gasteiger partial charge in [-0.3, -0.25) is 0 Å². The molecule has 0 bridgehead atoms. The Morgan fingerprint density at radius 1 is 1.37 bits per heavy atom. The number of hydrogen-bond acceptors (Lipinski definition) is 5. The summed E-state index contributed by atoms with van der Waals surface area (Å²) in [5.74, 6) is -0.558. The number of aromatic hydroxyl groups is 2. The van der Waals surface area contributed by atoms with E-state index in [2.05, 4.69) is 0 Å². The van der Waals surface area contributed by atoms with E-state index in [0.717, 1.165) is 5.57 Å². The van der Waals surface area contributed by atoms with Crippen LogP contribution in [0.2, 0.25) is 0 Å². The smallest absolute Gasteiger partial charge is 0.383 e. The largest absolute Gasteiger partial charge is 0.508 e. The number of phenols is 1. The first-order chi connectivity index (χ1) is 8.99. The first kappa shape index (κ1) is 13.0. The zero-order valence-corrected chi connectivity index (χ0v) is 10.6. The summed E-state index contributed by atoms with van der Waals surface area (Å²) in [6.07, 6.45) is 1.78. The molecule has 0 aliphatic heterocycles. The standard InChI is InChI=1S/C14H14O5/c1-8(2)5-6-18-13-12(16)10-4-3-9(15)7-11(10)19-14(13)17/h3-5,7,15-16H,6H2,1-2H3. The van der Waals surface area contributed by atoms with Gasteiger partial charge < -0.3 is 19.4 Å². The van der Waals surface area contributed by atoms with Gasteiger partial charge in [0.1, 0.15) is 17.9 Å². The van der Waals surface area contributed by atoms with Gasteiger partial charge >= 0.3 is 5.63 Å². The van der Waals surface area contributed by atoms with E-state index in [1.807, 2.05) is 13.8 Å². The second-order valence-electron chi connectivity index (χ2n) is 4.34. The monoisotopic (exact) mass is 262 g/mol. The molecule has 0 radical (unpaired) electrons. The van der Waals surface area contributed by atoms with Crippen molar-refractivity contribution in [1.82, 2.24) is 0 Å². The highest BCUT2D eigenvalue weighted by Gasteiger charge is 2.15. The highest BCUT2D eigenvalue weighted by molar-refractivity contribution is 5.86. The van der Waals surface area contributed by atoms with Gasteiger partial charge in [0, 0.05) is 6.07 Å². The van der Waals surface area contributed by atoms with Crippen LogP contribution in [-0.4, -0.2) is 16.8 Å². The predicted molar refractivity (Wildman–Crippen MR) is 70.7 cm³/mol. The molecular weight excluding hydrogens is 248 g/mol. The lowest BCUT2D eigenvalue weighted by atomic mass is 10.2. The fourth-order valence-corrected chi connectivity index (χ4v) is 1.58. The molecule has 19 heavy (non-hydrogen) atoms. The summed E-state index contributed by atoms with van der Waals surface area (Å²) in [4.78, 5) is 11.7. The van der Waals surface area contributed by atoms with E-state index < -0.39 is 5.63 Å². The molecule has 0 fully saturated rings. The third-order valence-corrected chi connectivity index (χ3v) is 2.54. The van der Waals surface area contributed by atoms with E-state index in [1.54, 1.807) is 6.08 Å². The summed E-state index contributed by atoms with van der Waals surface area (Å²) in [5, 5.41) is 19.6. The van der Waals surface area contributed by atoms with Crippen molar-refractivity contribution in [2.45, 2.75) is 13.8 Å². The number of fused-ring (bicyclic) bond motifs is 1. The molecule has 0 atom stereocenters. The molecule has 1 aromatic heterocycles. The predicted octanol–water partition coefficient (Wildman–Crippen LogP) is 2.55. The molecule has 1 aromatic carbocycles. The minimum Gasteiger partial charge on any atom is -0.508 e. The Kier molecular flexibility index (Phi) is 3.46. The number of allylic oxidation sites excluding steroid dienone is 1. The Labute approximate surface area is 109 Å². The average Bonchev–Trinajstić information content (AvgIpc) is 2.32. The quantitative estimate of drug-likeness (QED) is 0.656. The van der Waals surface area contributed by atoms with E-state index in [4.69, 9.17) is 9.15 Å². The van der Waals surface area contributed by atoms with Crippen molar-refractivity contribution in [2.24, 2.45) is 0 Å². The first-order valence-electron chi connectivity index (χ1n) is 5.74. The molecule has 100 valence electrons. The van der Waals surface area contributed by atoms with Crippen molar-refractivity contribution in [3.8, 4) is 17.2 Å². The van der Waals surface area contributed by atoms with Crippen molar-refractivity contribution in [2.75, 3.05) is 6.61 Å². The zero-order chi connectivity index (χ0) is 14.0. The Morgan fingerprint density at radius 3 is 2.79 bits per heavy atom. The SMILES string of the molecule is CC(C)=CCOc1c(O)c2ccc(O)cc2oc1=O. The van der Waals surface area contributed by atoms with Gasteiger partial charge in [0.05, 0.1) is 5.39 Å². The van der Waals surface area contributed by atoms with Gasteiger partial charge in [-0.2, -0.15) is 0 Å². The maximum Gasteiger partial charge on any atom is 0.383 e. The molecule has 5 heteroatoms. The normalized spacial score (nSPS) is 10.4. The molecule has 0 unspecified atom stereocenters. The van der Waals surface area contributed by atoms with Crippen LogP contribution in [0.5, 0.6) is 17.2 Å². The molecule has 2 N–H and O–H groups in total. The van der Waals surface area contributed by atoms with Crippen molar-refractivity contribution >= 4 is 11.0 Å². The van der Waals surface area contributed by atoms with Crippen LogP contribution in [0, 0.1) is 0 Å². The van der Waals surface area contributed by atoms with Crippen LogP contribution in [0.25, 0.3) is 11.0 Å². The van der Waals surface area contributed by atoms with Crippen molar-refractivity contribution in [1.29, 1.82) is 0 Å². The Balaban J connectivity index is 2.48. The molecular formula is C14H14O5. The third kappa shape index (κ3) is 2.70. The second-order valence-corrected chi connectivity index (χ2v) is 4.34. The van der Waals surface area contributed by atoms with Crippen molar-refractivity contribution < 1.29 is 19.4 Å². The first-order valence-corrected chi connectivity index (χ1v) is 5.74. The van der Waals surface area contributed by atoms with Crippen molar-refractivity contribution in [3.63, 3.8) is 0 Å². The van der Waals surface area contributed by atoms with Gasteiger partial charge in [0.2, 0.25) is 5.75 Å². The molecule has 5 nitrogen and oxygen atoms in total. The van der Waals surface area contributed by atoms with Crippen LogP contribution in [0.1, 0.15) is 13.8 Å². The Hall–Kier alpha value is -2.43. The summed E-state index contributed by atoms with van der Waals surface area (Å²) < 4.78 is 10.2. The zero-order valence-electron chi connectivity index (χ0n) is 10.6. The molecule has 0 aliphatic rings. The van der Waals surface area contributed by atoms with Crippen LogP contribution in [0.4, 0.5) is 0 Å². The van der Waals surface area contributed by atoms with E-state index in [1.165, 1.54) is 18.2 Å². The number of benzene rings is 1. The molecule has 0 aliphatic carbocycles. The number of hydrogen-bond donors (Lipinski definition) is 2. The maximum absolute atomic E-state index is 11.7. The van der Waals surface area contributed by atoms with Gasteiger partial charge in [-0.05, 0) is 32.1 Å². The lowest BCUT2D eigenvalue weighted by Crippen LogP contribution is -2.07. The molecule has 2 rings (SSSR count). The highest BCUT2D eigenvalue weighted by Crippen LogP contribution is 2.32. The fraction of sp³-hybridized carbons (Fsp3) is 0.214. The van der Waals surface area contributed by atoms with Gasteiger partial charge in [-0.25, -0.2) is 4.79 Å². The number of ether oxygens (including phenoxy) is 1. The summed E-state index contributed by atoms with van der Waals surface area (Å²) in [5.41, 5.74) is 0.365. The van der Waals surface area contributed by atoms with Gasteiger partial charge in [0.25, 0.3) is 0 Å². The van der Waals surface area contributed by atoms with Crippen LogP contribution >= 0.6 is 0 Å². The average molecular weight is 262 g/mol. The van der Waals surface area contributed by atoms with E-state index in [-0.39, 0.29) is 29.4 Å². The van der Waals surface area contributed by atoms with Crippen LogP contribution < -0.4 is 10.4 Å². The van der Waals surface area contributed by atoms with Crippen LogP contribution in [0.3, 0.4) is 0 Å². The lowest BCUT2D eigenvalue weighted by molar-refractivity contribution is 0.317. The third-order valence-electron chi connectivity index (χ3n) is 2.54. The molecule has 1 heterocycles. The minimum absolute atomic E-state index is 0.0479. The summed E-state index contributed by atoms with van der Waals surface area (Å²) in [6.45, 7) is 3.97.